The number of halogens is 2. The van der Waals surface area contributed by atoms with Gasteiger partial charge in [0.15, 0.2) is 11.5 Å². The fraction of sp³-hybridized carbons (Fsp3) is 0.0833. The molecule has 0 fully saturated rings. The molecule has 5 nitrogen and oxygen atoms in total. The fourth-order valence-electron chi connectivity index (χ4n) is 1.76. The van der Waals surface area contributed by atoms with Crippen LogP contribution in [0.2, 0.25) is 5.28 Å². The maximum Gasteiger partial charge on any atom is 0.226 e. The number of nitrogens with one attached hydrogen (secondary N) is 2. The van der Waals surface area contributed by atoms with Crippen molar-refractivity contribution in [3.8, 4) is 0 Å². The molecule has 2 N–H and O–H groups in total. The predicted octanol–water partition coefficient (Wildman–Crippen LogP) is 3.20. The molecular formula is C12H9ClFN5. The highest BCUT2D eigenvalue weighted by Gasteiger charge is 2.11. The zero-order chi connectivity index (χ0) is 13.4. The summed E-state index contributed by atoms with van der Waals surface area (Å²) in [6.45, 7) is 1.88. The maximum atomic E-state index is 13.7. The Morgan fingerprint density at radius 1 is 1.32 bits per heavy atom. The highest BCUT2D eigenvalue weighted by Crippen LogP contribution is 2.25. The van der Waals surface area contributed by atoms with E-state index in [0.29, 0.717) is 22.7 Å². The molecule has 1 aromatic carbocycles. The summed E-state index contributed by atoms with van der Waals surface area (Å²) in [6, 6.07) is 4.78. The van der Waals surface area contributed by atoms with Gasteiger partial charge in [-0.25, -0.2) is 9.37 Å². The number of aromatic amines is 1. The average Bonchev–Trinajstić information content (AvgIpc) is 2.82. The number of fused-ring (bicyclic) bond motifs is 1. The molecule has 3 rings (SSSR count). The molecule has 2 heterocycles. The number of H-pyrrole nitrogens is 1. The van der Waals surface area contributed by atoms with Crippen LogP contribution in [0.5, 0.6) is 0 Å². The summed E-state index contributed by atoms with van der Waals surface area (Å²) in [5.74, 6) is 0.0185. The Kier molecular flexibility index (Phi) is 2.79. The largest absolute Gasteiger partial charge is 0.340 e. The summed E-state index contributed by atoms with van der Waals surface area (Å²) < 4.78 is 13.7. The number of hydrogen-bond donors (Lipinski definition) is 2. The molecule has 19 heavy (non-hydrogen) atoms. The molecule has 0 saturated heterocycles. The van der Waals surface area contributed by atoms with E-state index in [9.17, 15) is 4.39 Å². The molecule has 0 aliphatic carbocycles. The maximum absolute atomic E-state index is 13.7. The van der Waals surface area contributed by atoms with E-state index < -0.39 is 0 Å². The monoisotopic (exact) mass is 277 g/mol. The lowest BCUT2D eigenvalue weighted by Gasteiger charge is -2.08. The van der Waals surface area contributed by atoms with Crippen molar-refractivity contribution in [2.24, 2.45) is 0 Å². The molecule has 7 heteroatoms. The summed E-state index contributed by atoms with van der Waals surface area (Å²) in [6.07, 6.45) is 1.48. The number of imidazole rings is 1. The first-order valence-electron chi connectivity index (χ1n) is 5.53. The Hall–Kier alpha value is -2.21. The number of aromatic nitrogens is 4. The molecule has 0 amide bonds. The zero-order valence-corrected chi connectivity index (χ0v) is 10.7. The Bertz CT molecular complexity index is 755. The molecule has 0 bridgehead atoms. The van der Waals surface area contributed by atoms with Gasteiger partial charge in [-0.05, 0) is 36.2 Å². The Labute approximate surface area is 112 Å². The smallest absolute Gasteiger partial charge is 0.226 e. The van der Waals surface area contributed by atoms with Gasteiger partial charge >= 0.3 is 0 Å². The third kappa shape index (κ3) is 2.22. The van der Waals surface area contributed by atoms with E-state index in [1.165, 1.54) is 12.4 Å². The first-order valence-corrected chi connectivity index (χ1v) is 5.91. The molecular weight excluding hydrogens is 269 g/mol. The molecule has 0 saturated carbocycles. The second-order valence-corrected chi connectivity index (χ2v) is 4.39. The Morgan fingerprint density at radius 3 is 3.00 bits per heavy atom. The Balaban J connectivity index is 2.10. The van der Waals surface area contributed by atoms with Gasteiger partial charge < -0.3 is 10.3 Å². The van der Waals surface area contributed by atoms with Gasteiger partial charge in [-0.1, -0.05) is 6.07 Å². The van der Waals surface area contributed by atoms with E-state index in [0.717, 1.165) is 5.56 Å². The van der Waals surface area contributed by atoms with Crippen molar-refractivity contribution in [3.05, 3.63) is 41.2 Å². The van der Waals surface area contributed by atoms with Gasteiger partial charge in [0, 0.05) is 0 Å². The molecule has 0 radical (unpaired) electrons. The topological polar surface area (TPSA) is 66.5 Å². The van der Waals surface area contributed by atoms with Crippen LogP contribution in [0.15, 0.2) is 24.5 Å². The summed E-state index contributed by atoms with van der Waals surface area (Å²) in [5.41, 5.74) is 2.26. The number of rotatable bonds is 2. The molecule has 96 valence electrons. The van der Waals surface area contributed by atoms with Crippen molar-refractivity contribution in [1.82, 2.24) is 19.9 Å². The summed E-state index contributed by atoms with van der Waals surface area (Å²) in [5, 5.41) is 2.95. The van der Waals surface area contributed by atoms with Crippen molar-refractivity contribution in [2.75, 3.05) is 5.32 Å². The van der Waals surface area contributed by atoms with Crippen molar-refractivity contribution in [3.63, 3.8) is 0 Å². The molecule has 3 aromatic rings. The number of aryl methyl sites for hydroxylation is 1. The quantitative estimate of drug-likeness (QED) is 0.706. The molecule has 0 unspecified atom stereocenters. The number of hydrogen-bond acceptors (Lipinski definition) is 4. The van der Waals surface area contributed by atoms with Crippen LogP contribution in [-0.4, -0.2) is 19.9 Å². The second kappa shape index (κ2) is 4.47. The lowest BCUT2D eigenvalue weighted by atomic mass is 10.2. The minimum absolute atomic E-state index is 0.0511. The summed E-state index contributed by atoms with van der Waals surface area (Å²) in [7, 11) is 0. The van der Waals surface area contributed by atoms with Crippen LogP contribution in [-0.2, 0) is 0 Å². The molecule has 0 spiro atoms. The van der Waals surface area contributed by atoms with Gasteiger partial charge in [0.1, 0.15) is 11.3 Å². The van der Waals surface area contributed by atoms with Gasteiger partial charge in [-0.3, -0.25) is 0 Å². The van der Waals surface area contributed by atoms with Gasteiger partial charge in [0.05, 0.1) is 12.0 Å². The molecule has 0 aliphatic heterocycles. The number of nitrogens with zero attached hydrogens (tertiary/aromatic N) is 3. The van der Waals surface area contributed by atoms with Crippen LogP contribution in [0.4, 0.5) is 15.9 Å². The van der Waals surface area contributed by atoms with Crippen LogP contribution in [0.3, 0.4) is 0 Å². The standard InChI is InChI=1S/C12H9ClFN5/c1-6-2-3-7(14)8(4-6)17-11-9-10(16-5-15-9)18-12(13)19-11/h2-5H,1H3,(H2,15,16,17,18,19). The zero-order valence-electron chi connectivity index (χ0n) is 9.91. The lowest BCUT2D eigenvalue weighted by molar-refractivity contribution is 0.631. The SMILES string of the molecule is Cc1ccc(F)c(Nc2nc(Cl)nc3nc[nH]c23)c1. The normalized spacial score (nSPS) is 10.9. The first-order chi connectivity index (χ1) is 9.13. The van der Waals surface area contributed by atoms with Crippen LogP contribution in [0, 0.1) is 12.7 Å². The van der Waals surface area contributed by atoms with Crippen LogP contribution in [0.25, 0.3) is 11.2 Å². The van der Waals surface area contributed by atoms with Gasteiger partial charge in [0.25, 0.3) is 0 Å². The third-order valence-electron chi connectivity index (χ3n) is 2.63. The fourth-order valence-corrected chi connectivity index (χ4v) is 1.92. The summed E-state index contributed by atoms with van der Waals surface area (Å²) >= 11 is 5.81. The van der Waals surface area contributed by atoms with E-state index in [2.05, 4.69) is 25.3 Å². The van der Waals surface area contributed by atoms with Crippen molar-refractivity contribution < 1.29 is 4.39 Å². The van der Waals surface area contributed by atoms with Crippen molar-refractivity contribution in [2.45, 2.75) is 6.92 Å². The number of anilines is 2. The van der Waals surface area contributed by atoms with Crippen LogP contribution >= 0.6 is 11.6 Å². The van der Waals surface area contributed by atoms with Crippen LogP contribution < -0.4 is 5.32 Å². The molecule has 0 atom stereocenters. The van der Waals surface area contributed by atoms with Crippen molar-refractivity contribution in [1.29, 1.82) is 0 Å². The first kappa shape index (κ1) is 11.9. The molecule has 2 aromatic heterocycles. The second-order valence-electron chi connectivity index (χ2n) is 4.05. The number of benzene rings is 1. The minimum atomic E-state index is -0.368. The van der Waals surface area contributed by atoms with E-state index >= 15 is 0 Å². The third-order valence-corrected chi connectivity index (χ3v) is 2.80. The van der Waals surface area contributed by atoms with Crippen molar-refractivity contribution >= 4 is 34.3 Å². The predicted molar refractivity (Wildman–Crippen MR) is 71.1 cm³/mol. The van der Waals surface area contributed by atoms with Gasteiger partial charge in [0.2, 0.25) is 5.28 Å². The van der Waals surface area contributed by atoms with E-state index in [-0.39, 0.29) is 11.1 Å². The van der Waals surface area contributed by atoms with E-state index in [1.54, 1.807) is 12.1 Å². The van der Waals surface area contributed by atoms with E-state index in [1.807, 2.05) is 6.92 Å². The Morgan fingerprint density at radius 2 is 2.16 bits per heavy atom. The average molecular weight is 278 g/mol. The highest BCUT2D eigenvalue weighted by molar-refractivity contribution is 6.28. The van der Waals surface area contributed by atoms with Gasteiger partial charge in [-0.2, -0.15) is 9.97 Å². The van der Waals surface area contributed by atoms with Gasteiger partial charge in [-0.15, -0.1) is 0 Å². The lowest BCUT2D eigenvalue weighted by Crippen LogP contribution is -1.99. The van der Waals surface area contributed by atoms with E-state index in [4.69, 9.17) is 11.6 Å². The summed E-state index contributed by atoms with van der Waals surface area (Å²) in [4.78, 5) is 14.9. The molecule has 0 aliphatic rings. The van der Waals surface area contributed by atoms with Crippen LogP contribution in [0.1, 0.15) is 5.56 Å². The highest BCUT2D eigenvalue weighted by atomic mass is 35.5. The minimum Gasteiger partial charge on any atom is -0.340 e.